The molecule has 2 N–H and O–H groups in total. The van der Waals surface area contributed by atoms with Crippen molar-refractivity contribution in [2.45, 2.75) is 0 Å². The fraction of sp³-hybridized carbons (Fsp3) is 0.294. The van der Waals surface area contributed by atoms with Crippen LogP contribution in [-0.2, 0) is 4.79 Å². The van der Waals surface area contributed by atoms with Crippen molar-refractivity contribution in [3.05, 3.63) is 52.8 Å². The molecule has 1 fully saturated rings. The zero-order valence-corrected chi connectivity index (χ0v) is 14.6. The van der Waals surface area contributed by atoms with Gasteiger partial charge in [0.25, 0.3) is 5.91 Å². The lowest BCUT2D eigenvalue weighted by Gasteiger charge is -2.33. The van der Waals surface area contributed by atoms with E-state index in [0.717, 1.165) is 36.9 Å². The SMILES string of the molecule is O=C(C[NH+]1CCN(c2ccccc2Cl)CC1)Nc1cccnc1Cl. The summed E-state index contributed by atoms with van der Waals surface area (Å²) in [6.07, 6.45) is 1.59. The van der Waals surface area contributed by atoms with Crippen molar-refractivity contribution in [1.29, 1.82) is 0 Å². The van der Waals surface area contributed by atoms with Crippen molar-refractivity contribution < 1.29 is 9.69 Å². The number of nitrogens with zero attached hydrogens (tertiary/aromatic N) is 2. The van der Waals surface area contributed by atoms with E-state index in [9.17, 15) is 4.79 Å². The van der Waals surface area contributed by atoms with E-state index in [4.69, 9.17) is 23.2 Å². The summed E-state index contributed by atoms with van der Waals surface area (Å²) >= 11 is 12.2. The number of rotatable bonds is 4. The standard InChI is InChI=1S/C17H18Cl2N4O/c18-13-4-1-2-6-15(13)23-10-8-22(9-11-23)12-16(24)21-14-5-3-7-20-17(14)19/h1-7H,8-12H2,(H,21,24)/p+1. The van der Waals surface area contributed by atoms with Gasteiger partial charge in [-0.25, -0.2) is 4.98 Å². The first-order valence-corrected chi connectivity index (χ1v) is 8.62. The summed E-state index contributed by atoms with van der Waals surface area (Å²) in [6, 6.07) is 11.4. The maximum absolute atomic E-state index is 12.2. The third-order valence-electron chi connectivity index (χ3n) is 4.11. The number of hydrogen-bond donors (Lipinski definition) is 2. The van der Waals surface area contributed by atoms with E-state index in [1.54, 1.807) is 18.3 Å². The molecule has 0 bridgehead atoms. The number of carbonyl (C=O) groups is 1. The number of quaternary nitrogens is 1. The predicted octanol–water partition coefficient (Wildman–Crippen LogP) is 1.73. The summed E-state index contributed by atoms with van der Waals surface area (Å²) in [7, 11) is 0. The number of hydrogen-bond acceptors (Lipinski definition) is 3. The largest absolute Gasteiger partial charge is 0.359 e. The molecule has 126 valence electrons. The highest BCUT2D eigenvalue weighted by Gasteiger charge is 2.23. The predicted molar refractivity (Wildman–Crippen MR) is 97.1 cm³/mol. The number of amides is 1. The molecule has 5 nitrogen and oxygen atoms in total. The number of aromatic nitrogens is 1. The lowest BCUT2D eigenvalue weighted by atomic mass is 10.2. The lowest BCUT2D eigenvalue weighted by Crippen LogP contribution is -3.15. The fourth-order valence-electron chi connectivity index (χ4n) is 2.85. The number of piperazine rings is 1. The van der Waals surface area contributed by atoms with E-state index in [1.165, 1.54) is 4.90 Å². The highest BCUT2D eigenvalue weighted by atomic mass is 35.5. The molecule has 0 saturated carbocycles. The minimum absolute atomic E-state index is 0.0499. The van der Waals surface area contributed by atoms with Gasteiger partial charge in [-0.15, -0.1) is 0 Å². The molecule has 1 aromatic heterocycles. The zero-order chi connectivity index (χ0) is 16.9. The summed E-state index contributed by atoms with van der Waals surface area (Å²) in [5.41, 5.74) is 1.61. The smallest absolute Gasteiger partial charge is 0.279 e. The molecular formula is C17H19Cl2N4O+. The van der Waals surface area contributed by atoms with Gasteiger partial charge in [0.15, 0.2) is 11.7 Å². The van der Waals surface area contributed by atoms with Crippen LogP contribution in [0.5, 0.6) is 0 Å². The Morgan fingerprint density at radius 1 is 1.17 bits per heavy atom. The fourth-order valence-corrected chi connectivity index (χ4v) is 3.27. The Bertz CT molecular complexity index is 717. The minimum atomic E-state index is -0.0499. The van der Waals surface area contributed by atoms with Gasteiger partial charge in [0.2, 0.25) is 0 Å². The topological polar surface area (TPSA) is 49.7 Å². The average Bonchev–Trinajstić information content (AvgIpc) is 2.58. The average molecular weight is 366 g/mol. The third-order valence-corrected chi connectivity index (χ3v) is 4.73. The number of pyridine rings is 1. The van der Waals surface area contributed by atoms with Gasteiger partial charge < -0.3 is 15.1 Å². The summed E-state index contributed by atoms with van der Waals surface area (Å²) in [5.74, 6) is -0.0499. The molecule has 7 heteroatoms. The summed E-state index contributed by atoms with van der Waals surface area (Å²) in [4.78, 5) is 19.7. The van der Waals surface area contributed by atoms with E-state index in [0.29, 0.717) is 17.4 Å². The van der Waals surface area contributed by atoms with Crippen LogP contribution >= 0.6 is 23.2 Å². The maximum atomic E-state index is 12.2. The highest BCUT2D eigenvalue weighted by Crippen LogP contribution is 2.24. The normalized spacial score (nSPS) is 15.3. The molecule has 3 rings (SSSR count). The van der Waals surface area contributed by atoms with Crippen molar-refractivity contribution >= 4 is 40.5 Å². The molecule has 1 aliphatic rings. The van der Waals surface area contributed by atoms with Crippen molar-refractivity contribution in [3.8, 4) is 0 Å². The molecule has 1 saturated heterocycles. The number of nitrogens with one attached hydrogen (secondary N) is 2. The highest BCUT2D eigenvalue weighted by molar-refractivity contribution is 6.33. The molecular weight excluding hydrogens is 347 g/mol. The van der Waals surface area contributed by atoms with Crippen molar-refractivity contribution in [2.24, 2.45) is 0 Å². The van der Waals surface area contributed by atoms with Gasteiger partial charge in [-0.05, 0) is 24.3 Å². The number of benzene rings is 1. The van der Waals surface area contributed by atoms with Gasteiger partial charge in [-0.1, -0.05) is 35.3 Å². The molecule has 2 aromatic rings. The number of para-hydroxylation sites is 1. The van der Waals surface area contributed by atoms with Gasteiger partial charge in [-0.3, -0.25) is 4.79 Å². The number of carbonyl (C=O) groups excluding carboxylic acids is 1. The molecule has 1 aliphatic heterocycles. The quantitative estimate of drug-likeness (QED) is 0.811. The van der Waals surface area contributed by atoms with Crippen LogP contribution in [0.25, 0.3) is 0 Å². The van der Waals surface area contributed by atoms with Crippen LogP contribution in [0.4, 0.5) is 11.4 Å². The van der Waals surface area contributed by atoms with Gasteiger partial charge in [-0.2, -0.15) is 0 Å². The maximum Gasteiger partial charge on any atom is 0.279 e. The number of anilines is 2. The van der Waals surface area contributed by atoms with Gasteiger partial charge in [0, 0.05) is 6.20 Å². The molecule has 1 aromatic carbocycles. The van der Waals surface area contributed by atoms with Crippen LogP contribution in [0.15, 0.2) is 42.6 Å². The van der Waals surface area contributed by atoms with E-state index in [2.05, 4.69) is 15.2 Å². The number of halogens is 2. The van der Waals surface area contributed by atoms with E-state index >= 15 is 0 Å². The minimum Gasteiger partial charge on any atom is -0.359 e. The molecule has 0 atom stereocenters. The van der Waals surface area contributed by atoms with Crippen molar-refractivity contribution in [2.75, 3.05) is 42.9 Å². The van der Waals surface area contributed by atoms with Gasteiger partial charge >= 0.3 is 0 Å². The molecule has 0 spiro atoms. The second-order valence-electron chi connectivity index (χ2n) is 5.76. The molecule has 24 heavy (non-hydrogen) atoms. The zero-order valence-electron chi connectivity index (χ0n) is 13.1. The van der Waals surface area contributed by atoms with Crippen molar-refractivity contribution in [1.82, 2.24) is 4.98 Å². The van der Waals surface area contributed by atoms with Crippen LogP contribution in [0, 0.1) is 0 Å². The molecule has 0 aliphatic carbocycles. The first kappa shape index (κ1) is 17.0. The second-order valence-corrected chi connectivity index (χ2v) is 6.52. The van der Waals surface area contributed by atoms with E-state index in [1.807, 2.05) is 24.3 Å². The summed E-state index contributed by atoms with van der Waals surface area (Å²) in [5, 5.41) is 3.90. The van der Waals surface area contributed by atoms with Crippen LogP contribution < -0.4 is 15.1 Å². The third kappa shape index (κ3) is 4.17. The Morgan fingerprint density at radius 3 is 2.62 bits per heavy atom. The van der Waals surface area contributed by atoms with Crippen LogP contribution in [0.3, 0.4) is 0 Å². The first-order valence-electron chi connectivity index (χ1n) is 7.87. The molecule has 1 amide bonds. The second kappa shape index (κ2) is 7.83. The Balaban J connectivity index is 1.51. The molecule has 0 unspecified atom stereocenters. The molecule has 2 heterocycles. The molecule has 0 radical (unpaired) electrons. The van der Waals surface area contributed by atoms with E-state index in [-0.39, 0.29) is 5.91 Å². The Morgan fingerprint density at radius 2 is 1.92 bits per heavy atom. The van der Waals surface area contributed by atoms with Gasteiger partial charge in [0.05, 0.1) is 42.6 Å². The first-order chi connectivity index (χ1) is 11.6. The Labute approximate surface area is 151 Å². The van der Waals surface area contributed by atoms with Gasteiger partial charge in [0.1, 0.15) is 0 Å². The summed E-state index contributed by atoms with van der Waals surface area (Å²) in [6.45, 7) is 3.94. The van der Waals surface area contributed by atoms with Crippen LogP contribution in [-0.4, -0.2) is 43.6 Å². The Kier molecular flexibility index (Phi) is 5.56. The monoisotopic (exact) mass is 365 g/mol. The van der Waals surface area contributed by atoms with Crippen LogP contribution in [0.2, 0.25) is 10.2 Å². The van der Waals surface area contributed by atoms with Crippen molar-refractivity contribution in [3.63, 3.8) is 0 Å². The lowest BCUT2D eigenvalue weighted by molar-refractivity contribution is -0.892. The van der Waals surface area contributed by atoms with Crippen LogP contribution in [0.1, 0.15) is 0 Å². The van der Waals surface area contributed by atoms with E-state index < -0.39 is 0 Å². The Hall–Kier alpha value is -1.82. The summed E-state index contributed by atoms with van der Waals surface area (Å²) < 4.78 is 0.